The first kappa shape index (κ1) is 14.4. The number of nitrogens with zero attached hydrogens (tertiary/aromatic N) is 2. The molecule has 1 saturated heterocycles. The molecule has 1 aliphatic heterocycles. The Bertz CT molecular complexity index is 830. The number of carbonyl (C=O) groups is 1. The van der Waals surface area contributed by atoms with E-state index < -0.39 is 22.2 Å². The van der Waals surface area contributed by atoms with Crippen LogP contribution >= 0.6 is 11.6 Å². The zero-order valence-corrected chi connectivity index (χ0v) is 13.0. The molecule has 0 saturated carbocycles. The molecule has 0 aliphatic carbocycles. The van der Waals surface area contributed by atoms with Gasteiger partial charge < -0.3 is 4.42 Å². The number of amides is 1. The molecule has 1 fully saturated rings. The minimum absolute atomic E-state index is 0.00454. The lowest BCUT2D eigenvalue weighted by molar-refractivity contribution is -0.126. The summed E-state index contributed by atoms with van der Waals surface area (Å²) >= 11 is 6.07. The predicted molar refractivity (Wildman–Crippen MR) is 77.9 cm³/mol. The highest BCUT2D eigenvalue weighted by Gasteiger charge is 2.46. The monoisotopic (exact) mass is 328 g/mol. The van der Waals surface area contributed by atoms with Crippen molar-refractivity contribution in [2.24, 2.45) is 0 Å². The Morgan fingerprint density at radius 2 is 2.00 bits per heavy atom. The smallest absolute Gasteiger partial charge is 0.307 e. The fourth-order valence-corrected chi connectivity index (χ4v) is 4.17. The first-order valence-corrected chi connectivity index (χ1v) is 8.07. The van der Waals surface area contributed by atoms with Crippen molar-refractivity contribution in [2.75, 3.05) is 7.05 Å². The average Bonchev–Trinajstić information content (AvgIpc) is 2.83. The number of fused-ring (bicyclic) bond motifs is 1. The highest BCUT2D eigenvalue weighted by Crippen LogP contribution is 2.33. The third-order valence-corrected chi connectivity index (χ3v) is 5.92. The molecule has 1 aliphatic rings. The molecule has 1 atom stereocenters. The molecule has 2 aromatic rings. The van der Waals surface area contributed by atoms with Crippen molar-refractivity contribution in [2.45, 2.75) is 19.5 Å². The molecule has 3 rings (SSSR count). The predicted octanol–water partition coefficient (Wildman–Crippen LogP) is 1.99. The number of likely N-dealkylation sites (N-methyl/N-ethyl adjacent to an activating group) is 1. The van der Waals surface area contributed by atoms with E-state index in [1.54, 1.807) is 25.1 Å². The van der Waals surface area contributed by atoms with Crippen LogP contribution in [0.1, 0.15) is 12.5 Å². The normalized spacial score (nSPS) is 22.3. The zero-order valence-electron chi connectivity index (χ0n) is 11.4. The highest BCUT2D eigenvalue weighted by atomic mass is 35.5. The van der Waals surface area contributed by atoms with E-state index in [0.29, 0.717) is 11.1 Å². The van der Waals surface area contributed by atoms with Gasteiger partial charge in [0.15, 0.2) is 5.22 Å². The lowest BCUT2D eigenvalue weighted by Gasteiger charge is -2.17. The van der Waals surface area contributed by atoms with E-state index in [1.807, 2.05) is 6.07 Å². The van der Waals surface area contributed by atoms with E-state index >= 15 is 0 Å². The maximum atomic E-state index is 12.2. The maximum absolute atomic E-state index is 12.2. The molecule has 1 unspecified atom stereocenters. The van der Waals surface area contributed by atoms with Crippen LogP contribution in [-0.2, 0) is 21.5 Å². The van der Waals surface area contributed by atoms with Crippen LogP contribution in [0, 0.1) is 0 Å². The summed E-state index contributed by atoms with van der Waals surface area (Å²) in [7, 11) is -2.56. The number of para-hydroxylation sites is 1. The van der Waals surface area contributed by atoms with Gasteiger partial charge in [0.25, 0.3) is 5.91 Å². The molecule has 1 amide bonds. The quantitative estimate of drug-likeness (QED) is 0.845. The number of rotatable bonds is 2. The van der Waals surface area contributed by atoms with Gasteiger partial charge in [-0.15, -0.1) is 0 Å². The van der Waals surface area contributed by atoms with Gasteiger partial charge in [-0.1, -0.05) is 18.2 Å². The van der Waals surface area contributed by atoms with E-state index in [0.717, 1.165) is 14.0 Å². The summed E-state index contributed by atoms with van der Waals surface area (Å²) in [5.74, 6) is -0.459. The molecule has 0 spiro atoms. The molecule has 0 N–H and O–H groups in total. The first-order chi connectivity index (χ1) is 9.84. The van der Waals surface area contributed by atoms with Gasteiger partial charge in [-0.3, -0.25) is 4.79 Å². The van der Waals surface area contributed by atoms with Crippen molar-refractivity contribution in [3.8, 4) is 0 Å². The number of benzene rings is 1. The Morgan fingerprint density at radius 3 is 2.62 bits per heavy atom. The number of hydrogen-bond donors (Lipinski definition) is 0. The second kappa shape index (κ2) is 4.72. The molecule has 6 nitrogen and oxygen atoms in total. The van der Waals surface area contributed by atoms with E-state index in [1.165, 1.54) is 7.05 Å². The van der Waals surface area contributed by atoms with Crippen molar-refractivity contribution < 1.29 is 17.6 Å². The number of halogens is 1. The first-order valence-electron chi connectivity index (χ1n) is 6.29. The molecule has 1 aromatic carbocycles. The molecule has 2 heterocycles. The van der Waals surface area contributed by atoms with Crippen LogP contribution in [0.15, 0.2) is 28.7 Å². The summed E-state index contributed by atoms with van der Waals surface area (Å²) in [6.07, 6.45) is 0. The molecule has 112 valence electrons. The van der Waals surface area contributed by atoms with E-state index in [9.17, 15) is 13.2 Å². The van der Waals surface area contributed by atoms with Crippen LogP contribution in [0.4, 0.5) is 0 Å². The van der Waals surface area contributed by atoms with Gasteiger partial charge in [-0.05, 0) is 24.6 Å². The lowest BCUT2D eigenvalue weighted by Crippen LogP contribution is -2.33. The van der Waals surface area contributed by atoms with E-state index in [2.05, 4.69) is 0 Å². The Labute approximate surface area is 127 Å². The minimum atomic E-state index is -3.81. The van der Waals surface area contributed by atoms with Gasteiger partial charge >= 0.3 is 10.2 Å². The zero-order chi connectivity index (χ0) is 15.4. The van der Waals surface area contributed by atoms with Crippen molar-refractivity contribution >= 4 is 38.7 Å². The van der Waals surface area contributed by atoms with Crippen LogP contribution in [-0.4, -0.2) is 36.0 Å². The Kier molecular flexibility index (Phi) is 3.23. The third-order valence-electron chi connectivity index (χ3n) is 3.71. The standard InChI is InChI=1S/C13H13ClN2O4S/c1-8-13(17)15(2)21(18,19)16(8)7-10-9-5-3-4-6-11(9)20-12(10)14/h3-6,8H,7H2,1-2H3. The van der Waals surface area contributed by atoms with E-state index in [-0.39, 0.29) is 11.8 Å². The molecular formula is C13H13ClN2O4S. The van der Waals surface area contributed by atoms with Gasteiger partial charge in [-0.25, -0.2) is 4.31 Å². The number of furan rings is 1. The highest BCUT2D eigenvalue weighted by molar-refractivity contribution is 7.87. The van der Waals surface area contributed by atoms with E-state index in [4.69, 9.17) is 16.0 Å². The molecule has 8 heteroatoms. The van der Waals surface area contributed by atoms with Crippen LogP contribution in [0.5, 0.6) is 0 Å². The summed E-state index contributed by atoms with van der Waals surface area (Å²) in [5, 5.41) is 0.882. The van der Waals surface area contributed by atoms with Gasteiger partial charge in [-0.2, -0.15) is 12.7 Å². The third kappa shape index (κ3) is 2.04. The van der Waals surface area contributed by atoms with Crippen molar-refractivity contribution in [3.05, 3.63) is 35.0 Å². The molecule has 21 heavy (non-hydrogen) atoms. The molecule has 0 bridgehead atoms. The molecule has 0 radical (unpaired) electrons. The average molecular weight is 329 g/mol. The second-order valence-corrected chi connectivity index (χ2v) is 7.14. The lowest BCUT2D eigenvalue weighted by atomic mass is 10.1. The fourth-order valence-electron chi connectivity index (χ4n) is 2.45. The Hall–Kier alpha value is -1.57. The maximum Gasteiger partial charge on any atom is 0.307 e. The topological polar surface area (TPSA) is 70.8 Å². The Morgan fingerprint density at radius 1 is 1.33 bits per heavy atom. The fraction of sp³-hybridized carbons (Fsp3) is 0.308. The largest absolute Gasteiger partial charge is 0.444 e. The minimum Gasteiger partial charge on any atom is -0.444 e. The molecular weight excluding hydrogens is 316 g/mol. The summed E-state index contributed by atoms with van der Waals surface area (Å²) in [4.78, 5) is 11.9. The molecule has 1 aromatic heterocycles. The SMILES string of the molecule is CC1C(=O)N(C)S(=O)(=O)N1Cc1c(Cl)oc2ccccc12. The number of hydrogen-bond acceptors (Lipinski definition) is 4. The van der Waals surface area contributed by atoms with Crippen molar-refractivity contribution in [3.63, 3.8) is 0 Å². The summed E-state index contributed by atoms with van der Waals surface area (Å²) in [5.41, 5.74) is 1.15. The van der Waals surface area contributed by atoms with Gasteiger partial charge in [0.2, 0.25) is 0 Å². The van der Waals surface area contributed by atoms with Crippen molar-refractivity contribution in [1.82, 2.24) is 8.61 Å². The van der Waals surface area contributed by atoms with Crippen LogP contribution in [0.25, 0.3) is 11.0 Å². The summed E-state index contributed by atoms with van der Waals surface area (Å²) in [6, 6.07) is 6.42. The van der Waals surface area contributed by atoms with Crippen molar-refractivity contribution in [1.29, 1.82) is 0 Å². The second-order valence-electron chi connectivity index (χ2n) is 4.89. The van der Waals surface area contributed by atoms with Gasteiger partial charge in [0.1, 0.15) is 11.6 Å². The van der Waals surface area contributed by atoms with Crippen LogP contribution in [0.2, 0.25) is 5.22 Å². The Balaban J connectivity index is 2.07. The summed E-state index contributed by atoms with van der Waals surface area (Å²) in [6.45, 7) is 1.55. The van der Waals surface area contributed by atoms with Crippen LogP contribution < -0.4 is 0 Å². The van der Waals surface area contributed by atoms with Crippen LogP contribution in [0.3, 0.4) is 0 Å². The van der Waals surface area contributed by atoms with Gasteiger partial charge in [0.05, 0.1) is 0 Å². The van der Waals surface area contributed by atoms with Gasteiger partial charge in [0, 0.05) is 24.5 Å². The number of carbonyl (C=O) groups excluding carboxylic acids is 1. The summed E-state index contributed by atoms with van der Waals surface area (Å²) < 4.78 is 31.8.